The summed E-state index contributed by atoms with van der Waals surface area (Å²) < 4.78 is 25.4. The molecule has 0 amide bonds. The molecule has 3 aliphatic rings. The minimum atomic E-state index is -3.36. The summed E-state index contributed by atoms with van der Waals surface area (Å²) in [5.74, 6) is 0.951. The van der Waals surface area contributed by atoms with E-state index in [-0.39, 0.29) is 23.9 Å². The Morgan fingerprint density at radius 3 is 1.59 bits per heavy atom. The van der Waals surface area contributed by atoms with Crippen molar-refractivity contribution in [3.8, 4) is 0 Å². The highest BCUT2D eigenvalue weighted by Gasteiger charge is 2.35. The van der Waals surface area contributed by atoms with Gasteiger partial charge in [-0.05, 0) is 156 Å². The summed E-state index contributed by atoms with van der Waals surface area (Å²) >= 11 is 13.0. The average molecular weight is 1140 g/mol. The van der Waals surface area contributed by atoms with Crippen molar-refractivity contribution in [1.29, 1.82) is 0 Å². The van der Waals surface area contributed by atoms with Crippen molar-refractivity contribution in [2.75, 3.05) is 32.4 Å². The number of benzene rings is 4. The molecule has 4 unspecified atom stereocenters. The van der Waals surface area contributed by atoms with Crippen molar-refractivity contribution < 1.29 is 8.42 Å². The number of pyridine rings is 2. The summed E-state index contributed by atoms with van der Waals surface area (Å²) in [7, 11) is -3.36. The molecule has 16 heteroatoms. The fraction of sp³-hybridized carbons (Fsp3) is 0.338. The van der Waals surface area contributed by atoms with Gasteiger partial charge in [-0.1, -0.05) is 114 Å². The van der Waals surface area contributed by atoms with E-state index < -0.39 is 9.84 Å². The number of nitrogens with zero attached hydrogens (tertiary/aromatic N) is 8. The highest BCUT2D eigenvalue weighted by molar-refractivity contribution is 7.90. The van der Waals surface area contributed by atoms with E-state index in [0.717, 1.165) is 119 Å². The van der Waals surface area contributed by atoms with Gasteiger partial charge in [0.1, 0.15) is 5.15 Å². The maximum atomic E-state index is 12.7. The van der Waals surface area contributed by atoms with Crippen molar-refractivity contribution in [2.45, 2.75) is 112 Å². The third-order valence-electron chi connectivity index (χ3n) is 17.3. The van der Waals surface area contributed by atoms with Crippen LogP contribution in [-0.4, -0.2) is 96.1 Å². The predicted octanol–water partition coefficient (Wildman–Crippen LogP) is 12.7. The SMILES string of the molecule is CS(=O)(=O)c1cccc(CN2CCC(c3[nH]ncc3Cc3ccccc3)CC2c2cccc(Cc3cn[nH]c3C3CCN(Cc4ccnc(Cl)c4)C(c4cccc(Cc5cn[nH]c5C5CCN(Cc6ccncc6Cl)CC5)c4)C3)c2)c1. The van der Waals surface area contributed by atoms with Crippen LogP contribution in [0.3, 0.4) is 0 Å². The molecule has 0 spiro atoms. The molecule has 4 atom stereocenters. The summed E-state index contributed by atoms with van der Waals surface area (Å²) in [6, 6.07) is 42.7. The van der Waals surface area contributed by atoms with Crippen molar-refractivity contribution >= 4 is 33.0 Å². The van der Waals surface area contributed by atoms with Gasteiger partial charge in [-0.15, -0.1) is 0 Å². The number of H-pyrrole nitrogens is 3. The van der Waals surface area contributed by atoms with Gasteiger partial charge in [0, 0.05) is 111 Å². The highest BCUT2D eigenvalue weighted by Crippen LogP contribution is 2.44. The first-order chi connectivity index (χ1) is 39.5. The summed E-state index contributed by atoms with van der Waals surface area (Å²) in [6.45, 7) is 6.00. The van der Waals surface area contributed by atoms with Crippen molar-refractivity contribution in [3.63, 3.8) is 0 Å². The minimum absolute atomic E-state index is 0.0839. The molecule has 0 bridgehead atoms. The topological polar surface area (TPSA) is 156 Å². The Kier molecular flexibility index (Phi) is 16.7. The number of hydrogen-bond acceptors (Lipinski definition) is 10. The number of sulfone groups is 1. The Balaban J connectivity index is 0.779. The molecule has 5 aromatic heterocycles. The first-order valence-electron chi connectivity index (χ1n) is 28.5. The summed E-state index contributed by atoms with van der Waals surface area (Å²) in [5, 5.41) is 25.6. The summed E-state index contributed by atoms with van der Waals surface area (Å²) in [4.78, 5) is 16.5. The van der Waals surface area contributed by atoms with Crippen LogP contribution in [-0.2, 0) is 48.7 Å². The maximum absolute atomic E-state index is 12.7. The van der Waals surface area contributed by atoms with Crippen LogP contribution < -0.4 is 0 Å². The van der Waals surface area contributed by atoms with Crippen molar-refractivity contribution in [3.05, 3.63) is 247 Å². The predicted molar refractivity (Wildman–Crippen MR) is 319 cm³/mol. The van der Waals surface area contributed by atoms with Gasteiger partial charge in [0.05, 0.1) is 28.5 Å². The molecule has 3 N–H and O–H groups in total. The number of likely N-dealkylation sites (tertiary alicyclic amines) is 3. The van der Waals surface area contributed by atoms with Gasteiger partial charge < -0.3 is 0 Å². The number of rotatable bonds is 18. The second-order valence-corrected chi connectivity index (χ2v) is 25.6. The normalized spacial score (nSPS) is 19.7. The number of hydrogen-bond donors (Lipinski definition) is 3. The second kappa shape index (κ2) is 24.7. The smallest absolute Gasteiger partial charge is 0.175 e. The molecular formula is C65H69Cl2N11O2S. The second-order valence-electron chi connectivity index (χ2n) is 22.8. The number of nitrogens with one attached hydrogen (secondary N) is 3. The lowest BCUT2D eigenvalue weighted by atomic mass is 9.82. The first-order valence-corrected chi connectivity index (χ1v) is 31.1. The highest BCUT2D eigenvalue weighted by atomic mass is 35.5. The van der Waals surface area contributed by atoms with E-state index in [1.54, 1.807) is 18.5 Å². The van der Waals surface area contributed by atoms with Crippen LogP contribution in [0, 0.1) is 0 Å². The number of halogens is 2. The number of piperidine rings is 3. The maximum Gasteiger partial charge on any atom is 0.175 e. The molecule has 3 fully saturated rings. The average Bonchev–Trinajstić information content (AvgIpc) is 4.29. The molecule has 416 valence electrons. The van der Waals surface area contributed by atoms with Crippen LogP contribution >= 0.6 is 23.2 Å². The fourth-order valence-corrected chi connectivity index (χ4v) is 14.3. The van der Waals surface area contributed by atoms with Crippen LogP contribution in [0.4, 0.5) is 0 Å². The van der Waals surface area contributed by atoms with Crippen LogP contribution in [0.1, 0.15) is 147 Å². The van der Waals surface area contributed by atoms with E-state index in [2.05, 4.69) is 135 Å². The fourth-order valence-electron chi connectivity index (χ4n) is 13.2. The monoisotopic (exact) mass is 1140 g/mol. The van der Waals surface area contributed by atoms with Crippen LogP contribution in [0.5, 0.6) is 0 Å². The van der Waals surface area contributed by atoms with Gasteiger partial charge in [0.2, 0.25) is 0 Å². The van der Waals surface area contributed by atoms with E-state index in [4.69, 9.17) is 28.3 Å². The third-order valence-corrected chi connectivity index (χ3v) is 19.0. The lowest BCUT2D eigenvalue weighted by molar-refractivity contribution is 0.125. The molecule has 9 aromatic rings. The lowest BCUT2D eigenvalue weighted by Gasteiger charge is -2.40. The van der Waals surface area contributed by atoms with Crippen LogP contribution in [0.2, 0.25) is 10.2 Å². The molecule has 0 radical (unpaired) electrons. The molecule has 4 aromatic carbocycles. The van der Waals surface area contributed by atoms with Gasteiger partial charge >= 0.3 is 0 Å². The van der Waals surface area contributed by atoms with Gasteiger partial charge in [-0.3, -0.25) is 35.0 Å². The van der Waals surface area contributed by atoms with Crippen LogP contribution in [0.25, 0.3) is 0 Å². The lowest BCUT2D eigenvalue weighted by Crippen LogP contribution is -2.36. The molecule has 12 rings (SSSR count). The van der Waals surface area contributed by atoms with Crippen molar-refractivity contribution in [2.24, 2.45) is 0 Å². The Morgan fingerprint density at radius 2 is 1.02 bits per heavy atom. The van der Waals surface area contributed by atoms with E-state index in [1.165, 1.54) is 67.8 Å². The van der Waals surface area contributed by atoms with E-state index >= 15 is 0 Å². The Bertz CT molecular complexity index is 3690. The molecule has 0 aliphatic carbocycles. The zero-order valence-corrected chi connectivity index (χ0v) is 48.1. The third kappa shape index (κ3) is 13.1. The molecule has 0 saturated carbocycles. The largest absolute Gasteiger partial charge is 0.299 e. The van der Waals surface area contributed by atoms with Crippen LogP contribution in [0.15, 0.2) is 163 Å². The molecule has 3 saturated heterocycles. The van der Waals surface area contributed by atoms with E-state index in [9.17, 15) is 8.42 Å². The number of aromatic nitrogens is 8. The molecule has 3 aliphatic heterocycles. The Hall–Kier alpha value is -6.78. The summed E-state index contributed by atoms with van der Waals surface area (Å²) in [6.07, 6.45) is 21.0. The van der Waals surface area contributed by atoms with Crippen molar-refractivity contribution in [1.82, 2.24) is 55.3 Å². The van der Waals surface area contributed by atoms with Gasteiger partial charge in [0.25, 0.3) is 0 Å². The number of aromatic amines is 3. The Morgan fingerprint density at radius 1 is 0.506 bits per heavy atom. The molecule has 81 heavy (non-hydrogen) atoms. The zero-order valence-electron chi connectivity index (χ0n) is 45.8. The quantitative estimate of drug-likeness (QED) is 0.0707. The summed E-state index contributed by atoms with van der Waals surface area (Å²) in [5.41, 5.74) is 17.0. The molecule has 13 nitrogen and oxygen atoms in total. The standard InChI is InChI=1S/C65H69Cl2N11O2S/c1-81(79,80)58-15-7-12-47(33-58)41-77-26-20-52(64-55(37-71-74-64)28-44-8-3-2-4-9-44)35-60(77)50-13-6-11-46(30-50)32-57-39-72-75-65(57)53-21-27-78(42-48-16-23-69-62(67)34-48)61(36-53)51-14-5-10-45(29-51)31-56-38-70-73-63(56)49-18-24-76(25-19-49)43-54-17-22-68-40-59(54)66/h2-17,22-23,29-30,33-34,37-40,49,52-53,60-61H,18-21,24-28,31-32,35-36,41-43H2,1H3,(H,70,73)(H,71,74)(H,72,75). The molecular weight excluding hydrogens is 1070 g/mol. The Labute approximate surface area is 485 Å². The zero-order chi connectivity index (χ0) is 55.3. The van der Waals surface area contributed by atoms with Gasteiger partial charge in [-0.2, -0.15) is 15.3 Å². The van der Waals surface area contributed by atoms with Gasteiger partial charge in [-0.25, -0.2) is 13.4 Å². The minimum Gasteiger partial charge on any atom is -0.299 e. The van der Waals surface area contributed by atoms with Gasteiger partial charge in [0.15, 0.2) is 9.84 Å². The van der Waals surface area contributed by atoms with E-state index in [1.807, 2.05) is 55.1 Å². The first kappa shape index (κ1) is 54.8. The molecule has 8 heterocycles. The van der Waals surface area contributed by atoms with E-state index in [0.29, 0.717) is 22.5 Å².